The van der Waals surface area contributed by atoms with Gasteiger partial charge in [0.2, 0.25) is 0 Å². The summed E-state index contributed by atoms with van der Waals surface area (Å²) in [6.45, 7) is 7.49. The Labute approximate surface area is 124 Å². The van der Waals surface area contributed by atoms with Gasteiger partial charge >= 0.3 is 0 Å². The van der Waals surface area contributed by atoms with E-state index in [1.807, 2.05) is 0 Å². The molecule has 1 amide bonds. The van der Waals surface area contributed by atoms with Gasteiger partial charge in [0, 0.05) is 32.7 Å². The van der Waals surface area contributed by atoms with E-state index in [1.165, 1.54) is 6.20 Å². The monoisotopic (exact) mass is 293 g/mol. The second-order valence-corrected chi connectivity index (χ2v) is 6.07. The number of carbonyl (C=O) groups excluding carboxylic acids is 1. The highest BCUT2D eigenvalue weighted by Gasteiger charge is 2.23. The molecule has 7 heteroatoms. The number of aliphatic hydroxyl groups is 1. The van der Waals surface area contributed by atoms with Crippen molar-refractivity contribution in [2.24, 2.45) is 5.73 Å². The standard InChI is InChI=1S/C14H23N5O2/c1-14(2,21)9-18-3-5-19(6-4-18)12-7-10(13(16)20)11(15)8-17-12/h7-8,21H,3-6,9,15H2,1-2H3,(H2,16,20). The van der Waals surface area contributed by atoms with Gasteiger partial charge in [-0.1, -0.05) is 0 Å². The van der Waals surface area contributed by atoms with E-state index in [0.717, 1.165) is 26.2 Å². The molecule has 21 heavy (non-hydrogen) atoms. The second-order valence-electron chi connectivity index (χ2n) is 6.07. The Bertz CT molecular complexity index is 519. The topological polar surface area (TPSA) is 109 Å². The Balaban J connectivity index is 2.02. The molecule has 116 valence electrons. The van der Waals surface area contributed by atoms with Gasteiger partial charge < -0.3 is 21.5 Å². The molecule has 1 aromatic heterocycles. The van der Waals surface area contributed by atoms with Crippen molar-refractivity contribution >= 4 is 17.4 Å². The molecule has 1 fully saturated rings. The quantitative estimate of drug-likeness (QED) is 0.700. The summed E-state index contributed by atoms with van der Waals surface area (Å²) in [6, 6.07) is 1.64. The molecule has 5 N–H and O–H groups in total. The van der Waals surface area contributed by atoms with Gasteiger partial charge in [0.1, 0.15) is 5.82 Å². The number of aromatic nitrogens is 1. The predicted molar refractivity (Wildman–Crippen MR) is 82.1 cm³/mol. The molecule has 2 rings (SSSR count). The van der Waals surface area contributed by atoms with E-state index in [4.69, 9.17) is 11.5 Å². The lowest BCUT2D eigenvalue weighted by Gasteiger charge is -2.37. The van der Waals surface area contributed by atoms with Crippen molar-refractivity contribution < 1.29 is 9.90 Å². The van der Waals surface area contributed by atoms with Crippen molar-refractivity contribution in [1.29, 1.82) is 0 Å². The van der Waals surface area contributed by atoms with Crippen LogP contribution in [0, 0.1) is 0 Å². The van der Waals surface area contributed by atoms with Crippen LogP contribution in [0.4, 0.5) is 11.5 Å². The van der Waals surface area contributed by atoms with Crippen LogP contribution in [0.2, 0.25) is 0 Å². The molecular formula is C14H23N5O2. The second kappa shape index (κ2) is 5.87. The van der Waals surface area contributed by atoms with Crippen LogP contribution in [0.3, 0.4) is 0 Å². The van der Waals surface area contributed by atoms with Crippen LogP contribution in [0.25, 0.3) is 0 Å². The average Bonchev–Trinajstić information content (AvgIpc) is 2.38. The van der Waals surface area contributed by atoms with E-state index in [9.17, 15) is 9.90 Å². The van der Waals surface area contributed by atoms with Crippen molar-refractivity contribution in [2.75, 3.05) is 43.4 Å². The summed E-state index contributed by atoms with van der Waals surface area (Å²) in [5.41, 5.74) is 10.9. The maximum atomic E-state index is 11.3. The van der Waals surface area contributed by atoms with Gasteiger partial charge in [-0.25, -0.2) is 4.98 Å². The van der Waals surface area contributed by atoms with Crippen molar-refractivity contribution in [3.05, 3.63) is 17.8 Å². The number of pyridine rings is 1. The number of nitrogens with zero attached hydrogens (tertiary/aromatic N) is 3. The van der Waals surface area contributed by atoms with E-state index in [0.29, 0.717) is 23.6 Å². The Morgan fingerprint density at radius 1 is 1.38 bits per heavy atom. The summed E-state index contributed by atoms with van der Waals surface area (Å²) in [7, 11) is 0. The van der Waals surface area contributed by atoms with Crippen molar-refractivity contribution in [3.63, 3.8) is 0 Å². The number of piperazine rings is 1. The minimum Gasteiger partial charge on any atom is -0.397 e. The number of rotatable bonds is 4. The fourth-order valence-electron chi connectivity index (χ4n) is 2.52. The number of hydrogen-bond donors (Lipinski definition) is 3. The molecule has 7 nitrogen and oxygen atoms in total. The molecule has 0 bridgehead atoms. The lowest BCUT2D eigenvalue weighted by atomic mass is 10.1. The van der Waals surface area contributed by atoms with E-state index in [-0.39, 0.29) is 0 Å². The highest BCUT2D eigenvalue weighted by molar-refractivity contribution is 5.98. The molecule has 1 saturated heterocycles. The molecule has 1 aliphatic heterocycles. The van der Waals surface area contributed by atoms with Gasteiger partial charge in [-0.2, -0.15) is 0 Å². The van der Waals surface area contributed by atoms with E-state index >= 15 is 0 Å². The number of carbonyl (C=O) groups is 1. The molecule has 0 radical (unpaired) electrons. The first-order valence-corrected chi connectivity index (χ1v) is 7.01. The summed E-state index contributed by atoms with van der Waals surface area (Å²) < 4.78 is 0. The maximum Gasteiger partial charge on any atom is 0.250 e. The summed E-state index contributed by atoms with van der Waals surface area (Å²) in [5.74, 6) is 0.165. The fraction of sp³-hybridized carbons (Fsp3) is 0.571. The third-order valence-electron chi connectivity index (χ3n) is 3.49. The largest absolute Gasteiger partial charge is 0.397 e. The number of β-amino-alcohol motifs (C(OH)–C–C–N with tert-alkyl or cyclic N) is 1. The molecule has 2 heterocycles. The number of nitrogens with two attached hydrogens (primary N) is 2. The zero-order valence-corrected chi connectivity index (χ0v) is 12.5. The molecule has 0 aliphatic carbocycles. The fourth-order valence-corrected chi connectivity index (χ4v) is 2.52. The van der Waals surface area contributed by atoms with Crippen molar-refractivity contribution in [3.8, 4) is 0 Å². The van der Waals surface area contributed by atoms with Gasteiger partial charge in [0.15, 0.2) is 0 Å². The molecule has 0 atom stereocenters. The Kier molecular flexibility index (Phi) is 4.34. The normalized spacial score (nSPS) is 17.0. The van der Waals surface area contributed by atoms with Crippen LogP contribution in [0.15, 0.2) is 12.3 Å². The molecule has 0 saturated carbocycles. The SMILES string of the molecule is CC(C)(O)CN1CCN(c2cc(C(N)=O)c(N)cn2)CC1. The van der Waals surface area contributed by atoms with Crippen LogP contribution in [0.5, 0.6) is 0 Å². The third-order valence-corrected chi connectivity index (χ3v) is 3.49. The van der Waals surface area contributed by atoms with Crippen LogP contribution in [-0.2, 0) is 0 Å². The first-order chi connectivity index (χ1) is 9.76. The van der Waals surface area contributed by atoms with Gasteiger partial charge in [0.05, 0.1) is 23.0 Å². The molecule has 0 spiro atoms. The average molecular weight is 293 g/mol. The van der Waals surface area contributed by atoms with Crippen LogP contribution in [0.1, 0.15) is 24.2 Å². The number of amides is 1. The maximum absolute atomic E-state index is 11.3. The predicted octanol–water partition coefficient (Wildman–Crippen LogP) is -0.344. The Morgan fingerprint density at radius 3 is 2.52 bits per heavy atom. The summed E-state index contributed by atoms with van der Waals surface area (Å²) in [5, 5.41) is 9.85. The molecule has 0 aromatic carbocycles. The van der Waals surface area contributed by atoms with Crippen molar-refractivity contribution in [2.45, 2.75) is 19.4 Å². The first-order valence-electron chi connectivity index (χ1n) is 7.01. The van der Waals surface area contributed by atoms with E-state index in [2.05, 4.69) is 14.8 Å². The van der Waals surface area contributed by atoms with E-state index < -0.39 is 11.5 Å². The lowest BCUT2D eigenvalue weighted by molar-refractivity contribution is 0.0344. The third kappa shape index (κ3) is 4.05. The van der Waals surface area contributed by atoms with E-state index in [1.54, 1.807) is 19.9 Å². The molecular weight excluding hydrogens is 270 g/mol. The van der Waals surface area contributed by atoms with Gasteiger partial charge in [-0.05, 0) is 19.9 Å². The molecule has 1 aromatic rings. The van der Waals surface area contributed by atoms with Gasteiger partial charge in [-0.15, -0.1) is 0 Å². The zero-order chi connectivity index (χ0) is 15.6. The summed E-state index contributed by atoms with van der Waals surface area (Å²) in [4.78, 5) is 19.9. The lowest BCUT2D eigenvalue weighted by Crippen LogP contribution is -2.50. The minimum atomic E-state index is -0.694. The zero-order valence-electron chi connectivity index (χ0n) is 12.5. The number of anilines is 2. The smallest absolute Gasteiger partial charge is 0.250 e. The number of primary amides is 1. The Hall–Kier alpha value is -1.86. The number of nitrogen functional groups attached to an aromatic ring is 1. The van der Waals surface area contributed by atoms with Gasteiger partial charge in [-0.3, -0.25) is 9.69 Å². The van der Waals surface area contributed by atoms with Crippen molar-refractivity contribution in [1.82, 2.24) is 9.88 Å². The highest BCUT2D eigenvalue weighted by Crippen LogP contribution is 2.19. The van der Waals surface area contributed by atoms with Crippen LogP contribution in [-0.4, -0.2) is 59.2 Å². The molecule has 0 unspecified atom stereocenters. The summed E-state index contributed by atoms with van der Waals surface area (Å²) >= 11 is 0. The summed E-state index contributed by atoms with van der Waals surface area (Å²) in [6.07, 6.45) is 1.47. The Morgan fingerprint density at radius 2 is 2.00 bits per heavy atom. The molecule has 1 aliphatic rings. The highest BCUT2D eigenvalue weighted by atomic mass is 16.3. The first kappa shape index (κ1) is 15.5. The minimum absolute atomic E-state index is 0.298. The van der Waals surface area contributed by atoms with Crippen LogP contribution >= 0.6 is 0 Å². The van der Waals surface area contributed by atoms with Crippen LogP contribution < -0.4 is 16.4 Å². The van der Waals surface area contributed by atoms with Gasteiger partial charge in [0.25, 0.3) is 5.91 Å². The number of hydrogen-bond acceptors (Lipinski definition) is 6.